The Labute approximate surface area is 190 Å². The smallest absolute Gasteiger partial charge is 0.232 e. The maximum atomic E-state index is 5.59. The fourth-order valence-corrected chi connectivity index (χ4v) is 4.45. The van der Waals surface area contributed by atoms with Gasteiger partial charge in [-0.2, -0.15) is 9.97 Å². The number of hydrogen-bond acceptors (Lipinski definition) is 6. The Bertz CT molecular complexity index is 874. The van der Waals surface area contributed by atoms with E-state index in [1.807, 2.05) is 18.2 Å². The van der Waals surface area contributed by atoms with Crippen LogP contribution in [-0.4, -0.2) is 54.0 Å². The summed E-state index contributed by atoms with van der Waals surface area (Å²) >= 11 is 5.59. The highest BCUT2D eigenvalue weighted by atomic mass is 32.1. The molecule has 0 radical (unpaired) electrons. The summed E-state index contributed by atoms with van der Waals surface area (Å²) in [7, 11) is 0. The fraction of sp³-hybridized carbons (Fsp3) is 0.522. The van der Waals surface area contributed by atoms with Gasteiger partial charge in [-0.05, 0) is 50.9 Å². The van der Waals surface area contributed by atoms with Crippen molar-refractivity contribution in [2.75, 3.05) is 48.0 Å². The van der Waals surface area contributed by atoms with E-state index >= 15 is 0 Å². The SMILES string of the molecule is C[C@@H]1CCCCN1c1cc(N2CCOCC2)nc(NC(=S)N[C@H](C)c2ccccc2)n1. The highest BCUT2D eigenvalue weighted by molar-refractivity contribution is 7.80. The third kappa shape index (κ3) is 5.62. The Balaban J connectivity index is 1.53. The second kappa shape index (κ2) is 10.2. The van der Waals surface area contributed by atoms with Gasteiger partial charge in [0, 0.05) is 31.7 Å². The Hall–Kier alpha value is -2.45. The van der Waals surface area contributed by atoms with Gasteiger partial charge in [0.1, 0.15) is 11.6 Å². The van der Waals surface area contributed by atoms with Gasteiger partial charge in [0.15, 0.2) is 5.11 Å². The zero-order valence-electron chi connectivity index (χ0n) is 18.4. The van der Waals surface area contributed by atoms with Crippen LogP contribution in [0.1, 0.15) is 44.7 Å². The lowest BCUT2D eigenvalue weighted by atomic mass is 10.0. The number of aromatic nitrogens is 2. The van der Waals surface area contributed by atoms with Crippen molar-refractivity contribution in [1.29, 1.82) is 0 Å². The van der Waals surface area contributed by atoms with Crippen LogP contribution < -0.4 is 20.4 Å². The molecule has 0 saturated carbocycles. The van der Waals surface area contributed by atoms with Crippen molar-refractivity contribution in [3.63, 3.8) is 0 Å². The summed E-state index contributed by atoms with van der Waals surface area (Å²) in [6.45, 7) is 8.49. The summed E-state index contributed by atoms with van der Waals surface area (Å²) in [6, 6.07) is 12.9. The zero-order valence-corrected chi connectivity index (χ0v) is 19.2. The highest BCUT2D eigenvalue weighted by Crippen LogP contribution is 2.27. The van der Waals surface area contributed by atoms with Crippen LogP contribution >= 0.6 is 12.2 Å². The molecular weight excluding hydrogens is 408 g/mol. The summed E-state index contributed by atoms with van der Waals surface area (Å²) < 4.78 is 5.52. The molecule has 2 fully saturated rings. The van der Waals surface area contributed by atoms with Crippen LogP contribution in [0.4, 0.5) is 17.6 Å². The summed E-state index contributed by atoms with van der Waals surface area (Å²) in [5.74, 6) is 2.42. The van der Waals surface area contributed by atoms with E-state index < -0.39 is 0 Å². The zero-order chi connectivity index (χ0) is 21.6. The molecule has 1 aromatic carbocycles. The lowest BCUT2D eigenvalue weighted by Gasteiger charge is -2.35. The molecule has 0 unspecified atom stereocenters. The molecule has 0 bridgehead atoms. The number of hydrogen-bond donors (Lipinski definition) is 2. The Morgan fingerprint density at radius 1 is 1.10 bits per heavy atom. The van der Waals surface area contributed by atoms with Gasteiger partial charge in [0.2, 0.25) is 5.95 Å². The number of anilines is 3. The summed E-state index contributed by atoms with van der Waals surface area (Å²) in [5, 5.41) is 7.10. The minimum Gasteiger partial charge on any atom is -0.378 e. The van der Waals surface area contributed by atoms with Crippen molar-refractivity contribution in [1.82, 2.24) is 15.3 Å². The first-order valence-electron chi connectivity index (χ1n) is 11.2. The third-order valence-corrected chi connectivity index (χ3v) is 6.22. The number of nitrogens with zero attached hydrogens (tertiary/aromatic N) is 4. The maximum absolute atomic E-state index is 5.59. The minimum absolute atomic E-state index is 0.0882. The molecule has 0 spiro atoms. The average Bonchev–Trinajstić information content (AvgIpc) is 2.80. The van der Waals surface area contributed by atoms with Crippen LogP contribution in [0.15, 0.2) is 36.4 Å². The predicted octanol–water partition coefficient (Wildman–Crippen LogP) is 3.74. The first kappa shape index (κ1) is 21.8. The molecule has 0 amide bonds. The molecule has 166 valence electrons. The van der Waals surface area contributed by atoms with Crippen LogP contribution in [0, 0.1) is 0 Å². The maximum Gasteiger partial charge on any atom is 0.232 e. The molecule has 2 atom stereocenters. The standard InChI is InChI=1S/C23H32N6OS/c1-17-8-6-7-11-29(17)21-16-20(28-12-14-30-15-13-28)25-22(26-21)27-23(31)24-18(2)19-9-4-3-5-10-19/h3-5,9-10,16-18H,6-8,11-15H2,1-2H3,(H2,24,25,26,27,31)/t17-,18-/m1/s1. The van der Waals surface area contributed by atoms with Gasteiger partial charge >= 0.3 is 0 Å². The molecule has 4 rings (SSSR count). The van der Waals surface area contributed by atoms with Gasteiger partial charge in [-0.25, -0.2) is 0 Å². The number of rotatable bonds is 5. The van der Waals surface area contributed by atoms with Crippen molar-refractivity contribution >= 4 is 34.9 Å². The number of nitrogens with one attached hydrogen (secondary N) is 2. The van der Waals surface area contributed by atoms with Gasteiger partial charge in [0.05, 0.1) is 19.3 Å². The summed E-state index contributed by atoms with van der Waals surface area (Å²) in [6.07, 6.45) is 3.66. The molecule has 1 aromatic heterocycles. The summed E-state index contributed by atoms with van der Waals surface area (Å²) in [5.41, 5.74) is 1.18. The molecule has 0 aliphatic carbocycles. The molecule has 2 aliphatic rings. The topological polar surface area (TPSA) is 65.6 Å². The fourth-order valence-electron chi connectivity index (χ4n) is 4.18. The molecule has 8 heteroatoms. The van der Waals surface area contributed by atoms with E-state index in [1.165, 1.54) is 24.8 Å². The Morgan fingerprint density at radius 2 is 1.84 bits per heavy atom. The predicted molar refractivity (Wildman–Crippen MR) is 130 cm³/mol. The van der Waals surface area contributed by atoms with Crippen LogP contribution in [0.5, 0.6) is 0 Å². The lowest BCUT2D eigenvalue weighted by molar-refractivity contribution is 0.122. The number of morpholine rings is 1. The van der Waals surface area contributed by atoms with Crippen LogP contribution in [0.3, 0.4) is 0 Å². The van der Waals surface area contributed by atoms with Crippen molar-refractivity contribution in [2.45, 2.75) is 45.2 Å². The van der Waals surface area contributed by atoms with Crippen molar-refractivity contribution in [3.8, 4) is 0 Å². The van der Waals surface area contributed by atoms with E-state index in [-0.39, 0.29) is 6.04 Å². The second-order valence-electron chi connectivity index (χ2n) is 8.28. The lowest BCUT2D eigenvalue weighted by Crippen LogP contribution is -2.40. The van der Waals surface area contributed by atoms with E-state index in [9.17, 15) is 0 Å². The second-order valence-corrected chi connectivity index (χ2v) is 8.68. The van der Waals surface area contributed by atoms with Gasteiger partial charge in [-0.3, -0.25) is 0 Å². The minimum atomic E-state index is 0.0882. The molecular formula is C23H32N6OS. The van der Waals surface area contributed by atoms with Gasteiger partial charge in [0.25, 0.3) is 0 Å². The highest BCUT2D eigenvalue weighted by Gasteiger charge is 2.23. The molecule has 7 nitrogen and oxygen atoms in total. The monoisotopic (exact) mass is 440 g/mol. The Morgan fingerprint density at radius 3 is 2.58 bits per heavy atom. The van der Waals surface area contributed by atoms with E-state index in [2.05, 4.69) is 52.5 Å². The normalized spacial score (nSPS) is 20.3. The van der Waals surface area contributed by atoms with Gasteiger partial charge in [-0.15, -0.1) is 0 Å². The van der Waals surface area contributed by atoms with Crippen LogP contribution in [0.2, 0.25) is 0 Å². The quantitative estimate of drug-likeness (QED) is 0.682. The van der Waals surface area contributed by atoms with Crippen molar-refractivity contribution in [3.05, 3.63) is 42.0 Å². The van der Waals surface area contributed by atoms with E-state index in [4.69, 9.17) is 26.9 Å². The number of ether oxygens (including phenoxy) is 1. The number of thiocarbonyl (C=S) groups is 1. The van der Waals surface area contributed by atoms with Crippen molar-refractivity contribution in [2.24, 2.45) is 0 Å². The average molecular weight is 441 g/mol. The largest absolute Gasteiger partial charge is 0.378 e. The van der Waals surface area contributed by atoms with E-state index in [1.54, 1.807) is 0 Å². The van der Waals surface area contributed by atoms with E-state index in [0.29, 0.717) is 17.1 Å². The van der Waals surface area contributed by atoms with Gasteiger partial charge in [-0.1, -0.05) is 30.3 Å². The molecule has 2 N–H and O–H groups in total. The third-order valence-electron chi connectivity index (χ3n) is 6.00. The number of benzene rings is 1. The van der Waals surface area contributed by atoms with Crippen LogP contribution in [-0.2, 0) is 4.74 Å². The van der Waals surface area contributed by atoms with Gasteiger partial charge < -0.3 is 25.2 Å². The molecule has 2 aliphatic heterocycles. The molecule has 31 heavy (non-hydrogen) atoms. The Kier molecular flexibility index (Phi) is 7.19. The summed E-state index contributed by atoms with van der Waals surface area (Å²) in [4.78, 5) is 14.3. The van der Waals surface area contributed by atoms with Crippen molar-refractivity contribution < 1.29 is 4.74 Å². The molecule has 3 heterocycles. The molecule has 2 aromatic rings. The van der Waals surface area contributed by atoms with Crippen LogP contribution in [0.25, 0.3) is 0 Å². The first-order chi connectivity index (χ1) is 15.1. The van der Waals surface area contributed by atoms with E-state index in [0.717, 1.165) is 44.5 Å². The molecule has 2 saturated heterocycles. The number of piperidine rings is 1. The first-order valence-corrected chi connectivity index (χ1v) is 11.6.